The molecule has 1 aliphatic rings. The zero-order chi connectivity index (χ0) is 14.8. The maximum Gasteiger partial charge on any atom is 0.289 e. The van der Waals surface area contributed by atoms with Crippen molar-refractivity contribution < 1.29 is 13.6 Å². The van der Waals surface area contributed by atoms with Gasteiger partial charge < -0.3 is 14.6 Å². The lowest BCUT2D eigenvalue weighted by Gasteiger charge is -2.33. The molecule has 1 saturated heterocycles. The highest BCUT2D eigenvalue weighted by atomic mass is 19.1. The fraction of sp³-hybridized carbons (Fsp3) is 0.312. The number of aryl methyl sites for hydroxylation is 1. The number of halogens is 1. The first-order chi connectivity index (χ1) is 10.1. The van der Waals surface area contributed by atoms with Crippen molar-refractivity contribution in [2.24, 2.45) is 0 Å². The van der Waals surface area contributed by atoms with Crippen LogP contribution in [0, 0.1) is 12.7 Å². The van der Waals surface area contributed by atoms with Crippen LogP contribution >= 0.6 is 0 Å². The first-order valence-electron chi connectivity index (χ1n) is 6.97. The normalized spacial score (nSPS) is 18.8. The number of carbonyl (C=O) groups is 1. The Kier molecular flexibility index (Phi) is 3.75. The molecule has 1 fully saturated rings. The summed E-state index contributed by atoms with van der Waals surface area (Å²) in [6, 6.07) is 8.19. The van der Waals surface area contributed by atoms with Gasteiger partial charge in [-0.1, -0.05) is 12.1 Å². The molecule has 1 N–H and O–H groups in total. The monoisotopic (exact) mass is 288 g/mol. The Bertz CT molecular complexity index is 653. The van der Waals surface area contributed by atoms with Crippen molar-refractivity contribution in [1.82, 2.24) is 10.2 Å². The van der Waals surface area contributed by atoms with Gasteiger partial charge in [-0.25, -0.2) is 4.39 Å². The van der Waals surface area contributed by atoms with E-state index in [1.807, 2.05) is 13.0 Å². The van der Waals surface area contributed by atoms with Crippen LogP contribution in [0.15, 0.2) is 41.0 Å². The molecule has 1 amide bonds. The third-order valence-corrected chi connectivity index (χ3v) is 3.77. The molecule has 3 rings (SSSR count). The highest BCUT2D eigenvalue weighted by Gasteiger charge is 2.27. The standard InChI is InChI=1S/C16H17FN2O2/c1-11-5-8-21-15(11)16(20)19-7-6-18-14(10-19)12-3-2-4-13(17)9-12/h2-5,8-9,14,18H,6-7,10H2,1H3. The van der Waals surface area contributed by atoms with Crippen molar-refractivity contribution in [3.05, 3.63) is 59.3 Å². The summed E-state index contributed by atoms with van der Waals surface area (Å²) in [6.07, 6.45) is 1.52. The fourth-order valence-electron chi connectivity index (χ4n) is 2.62. The summed E-state index contributed by atoms with van der Waals surface area (Å²) in [7, 11) is 0. The van der Waals surface area contributed by atoms with Crippen LogP contribution in [-0.2, 0) is 0 Å². The van der Waals surface area contributed by atoms with Gasteiger partial charge in [0.2, 0.25) is 0 Å². The molecule has 2 heterocycles. The van der Waals surface area contributed by atoms with Gasteiger partial charge in [0.1, 0.15) is 5.82 Å². The molecule has 0 aliphatic carbocycles. The van der Waals surface area contributed by atoms with E-state index in [0.29, 0.717) is 25.4 Å². The van der Waals surface area contributed by atoms with Crippen LogP contribution in [0.4, 0.5) is 4.39 Å². The van der Waals surface area contributed by atoms with Gasteiger partial charge in [-0.2, -0.15) is 0 Å². The van der Waals surface area contributed by atoms with Crippen LogP contribution in [0.25, 0.3) is 0 Å². The molecule has 1 aromatic carbocycles. The average Bonchev–Trinajstić information content (AvgIpc) is 2.93. The van der Waals surface area contributed by atoms with Crippen LogP contribution in [0.5, 0.6) is 0 Å². The van der Waals surface area contributed by atoms with Crippen molar-refractivity contribution in [3.63, 3.8) is 0 Å². The predicted molar refractivity (Wildman–Crippen MR) is 76.5 cm³/mol. The van der Waals surface area contributed by atoms with Gasteiger partial charge in [0.05, 0.1) is 12.3 Å². The summed E-state index contributed by atoms with van der Waals surface area (Å²) in [4.78, 5) is 14.2. The topological polar surface area (TPSA) is 45.5 Å². The molecule has 0 saturated carbocycles. The molecule has 4 nitrogen and oxygen atoms in total. The van der Waals surface area contributed by atoms with Gasteiger partial charge >= 0.3 is 0 Å². The summed E-state index contributed by atoms with van der Waals surface area (Å²) >= 11 is 0. The highest BCUT2D eigenvalue weighted by molar-refractivity contribution is 5.93. The second-order valence-corrected chi connectivity index (χ2v) is 5.25. The summed E-state index contributed by atoms with van der Waals surface area (Å²) in [5, 5.41) is 3.32. The molecule has 1 atom stereocenters. The van der Waals surface area contributed by atoms with Crippen LogP contribution < -0.4 is 5.32 Å². The van der Waals surface area contributed by atoms with E-state index < -0.39 is 0 Å². The van der Waals surface area contributed by atoms with Gasteiger partial charge in [-0.15, -0.1) is 0 Å². The molecule has 0 bridgehead atoms. The van der Waals surface area contributed by atoms with Crippen molar-refractivity contribution in [2.45, 2.75) is 13.0 Å². The lowest BCUT2D eigenvalue weighted by atomic mass is 10.0. The molecule has 110 valence electrons. The van der Waals surface area contributed by atoms with E-state index in [-0.39, 0.29) is 17.8 Å². The van der Waals surface area contributed by atoms with Crippen molar-refractivity contribution in [2.75, 3.05) is 19.6 Å². The third-order valence-electron chi connectivity index (χ3n) is 3.77. The number of hydrogen-bond acceptors (Lipinski definition) is 3. The van der Waals surface area contributed by atoms with Crippen molar-refractivity contribution in [3.8, 4) is 0 Å². The molecule has 2 aromatic rings. The Hall–Kier alpha value is -2.14. The van der Waals surface area contributed by atoms with E-state index in [9.17, 15) is 9.18 Å². The second kappa shape index (κ2) is 5.69. The molecule has 0 spiro atoms. The third kappa shape index (κ3) is 2.83. The number of nitrogens with one attached hydrogen (secondary N) is 1. The van der Waals surface area contributed by atoms with E-state index in [4.69, 9.17) is 4.42 Å². The van der Waals surface area contributed by atoms with E-state index in [2.05, 4.69) is 5.32 Å². The number of hydrogen-bond donors (Lipinski definition) is 1. The Labute approximate surface area is 122 Å². The molecule has 5 heteroatoms. The largest absolute Gasteiger partial charge is 0.459 e. The van der Waals surface area contributed by atoms with Gasteiger partial charge in [-0.3, -0.25) is 4.79 Å². The highest BCUT2D eigenvalue weighted by Crippen LogP contribution is 2.20. The van der Waals surface area contributed by atoms with Gasteiger partial charge in [0.25, 0.3) is 5.91 Å². The van der Waals surface area contributed by atoms with E-state index >= 15 is 0 Å². The van der Waals surface area contributed by atoms with Crippen molar-refractivity contribution in [1.29, 1.82) is 0 Å². The number of nitrogens with zero attached hydrogens (tertiary/aromatic N) is 1. The molecular weight excluding hydrogens is 271 g/mol. The van der Waals surface area contributed by atoms with Crippen LogP contribution in [0.1, 0.15) is 27.7 Å². The maximum absolute atomic E-state index is 13.3. The van der Waals surface area contributed by atoms with Crippen LogP contribution in [0.3, 0.4) is 0 Å². The molecular formula is C16H17FN2O2. The summed E-state index contributed by atoms with van der Waals surface area (Å²) in [6.45, 7) is 3.64. The minimum Gasteiger partial charge on any atom is -0.459 e. The van der Waals surface area contributed by atoms with Crippen molar-refractivity contribution >= 4 is 5.91 Å². The smallest absolute Gasteiger partial charge is 0.289 e. The van der Waals surface area contributed by atoms with Crippen LogP contribution in [-0.4, -0.2) is 30.4 Å². The van der Waals surface area contributed by atoms with Gasteiger partial charge in [0, 0.05) is 25.2 Å². The maximum atomic E-state index is 13.3. The van der Waals surface area contributed by atoms with Crippen LogP contribution in [0.2, 0.25) is 0 Å². The molecule has 21 heavy (non-hydrogen) atoms. The zero-order valence-electron chi connectivity index (χ0n) is 11.8. The van der Waals surface area contributed by atoms with Gasteiger partial charge in [-0.05, 0) is 30.7 Å². The summed E-state index contributed by atoms with van der Waals surface area (Å²) in [5.74, 6) is 0.00919. The first-order valence-corrected chi connectivity index (χ1v) is 6.97. The number of piperazine rings is 1. The Balaban J connectivity index is 1.77. The molecule has 1 aliphatic heterocycles. The summed E-state index contributed by atoms with van der Waals surface area (Å²) < 4.78 is 18.6. The molecule has 0 radical (unpaired) electrons. The van der Waals surface area contributed by atoms with Gasteiger partial charge in [0.15, 0.2) is 5.76 Å². The lowest BCUT2D eigenvalue weighted by Crippen LogP contribution is -2.48. The summed E-state index contributed by atoms with van der Waals surface area (Å²) in [5.41, 5.74) is 1.68. The number of furan rings is 1. The SMILES string of the molecule is Cc1ccoc1C(=O)N1CCNC(c2cccc(F)c2)C1. The van der Waals surface area contributed by atoms with E-state index in [1.54, 1.807) is 17.0 Å². The van der Waals surface area contributed by atoms with E-state index in [0.717, 1.165) is 11.1 Å². The number of benzene rings is 1. The Morgan fingerprint density at radius 2 is 2.29 bits per heavy atom. The average molecular weight is 288 g/mol. The number of carbonyl (C=O) groups excluding carboxylic acids is 1. The number of rotatable bonds is 2. The predicted octanol–water partition coefficient (Wildman–Crippen LogP) is 2.51. The lowest BCUT2D eigenvalue weighted by molar-refractivity contribution is 0.0669. The molecule has 1 unspecified atom stereocenters. The zero-order valence-corrected chi connectivity index (χ0v) is 11.8. The molecule has 1 aromatic heterocycles. The minimum absolute atomic E-state index is 0.0614. The Morgan fingerprint density at radius 1 is 1.43 bits per heavy atom. The minimum atomic E-state index is -0.264. The Morgan fingerprint density at radius 3 is 3.00 bits per heavy atom. The quantitative estimate of drug-likeness (QED) is 0.923. The van der Waals surface area contributed by atoms with E-state index in [1.165, 1.54) is 18.4 Å². The second-order valence-electron chi connectivity index (χ2n) is 5.25. The fourth-order valence-corrected chi connectivity index (χ4v) is 2.62. The first kappa shape index (κ1) is 13.8. The number of amides is 1.